The summed E-state index contributed by atoms with van der Waals surface area (Å²) in [6.07, 6.45) is 0.721. The number of hydrogen-bond acceptors (Lipinski definition) is 9. The molecule has 0 saturated heterocycles. The molecule has 0 aliphatic carbocycles. The normalized spacial score (nSPS) is 11.0. The molecule has 33 heavy (non-hydrogen) atoms. The molecule has 0 aliphatic rings. The highest BCUT2D eigenvalue weighted by atomic mass is 16.6. The predicted octanol–water partition coefficient (Wildman–Crippen LogP) is 3.80. The van der Waals surface area contributed by atoms with E-state index < -0.39 is 17.7 Å². The number of hydrazone groups is 1. The van der Waals surface area contributed by atoms with Crippen LogP contribution >= 0.6 is 0 Å². The van der Waals surface area contributed by atoms with Crippen molar-refractivity contribution in [2.45, 2.75) is 26.4 Å². The number of esters is 1. The molecule has 2 aromatic carbocycles. The number of amides is 1. The van der Waals surface area contributed by atoms with Crippen LogP contribution in [0, 0.1) is 0 Å². The third-order valence-corrected chi connectivity index (χ3v) is 4.06. The Balaban J connectivity index is 2.18. The summed E-state index contributed by atoms with van der Waals surface area (Å²) in [5.41, 5.74) is 2.43. The number of benzene rings is 2. The maximum absolute atomic E-state index is 12.7. The van der Waals surface area contributed by atoms with Crippen LogP contribution in [0.1, 0.15) is 36.7 Å². The van der Waals surface area contributed by atoms with E-state index in [1.165, 1.54) is 46.8 Å². The molecule has 0 radical (unpaired) electrons. The van der Waals surface area contributed by atoms with E-state index in [1.807, 2.05) is 0 Å². The number of rotatable bonds is 8. The first-order valence-corrected chi connectivity index (χ1v) is 9.84. The summed E-state index contributed by atoms with van der Waals surface area (Å²) in [5, 5.41) is 3.84. The molecule has 10 nitrogen and oxygen atoms in total. The molecule has 10 heteroatoms. The summed E-state index contributed by atoms with van der Waals surface area (Å²) in [7, 11) is 5.81. The van der Waals surface area contributed by atoms with E-state index in [1.54, 1.807) is 39.0 Å². The first kappa shape index (κ1) is 25.3. The van der Waals surface area contributed by atoms with Crippen LogP contribution in [0.5, 0.6) is 28.7 Å². The van der Waals surface area contributed by atoms with Crippen molar-refractivity contribution in [3.05, 3.63) is 41.5 Å². The van der Waals surface area contributed by atoms with Gasteiger partial charge in [-0.3, -0.25) is 0 Å². The van der Waals surface area contributed by atoms with Crippen LogP contribution in [0.4, 0.5) is 4.79 Å². The molecule has 0 heterocycles. The fourth-order valence-electron chi connectivity index (χ4n) is 2.67. The zero-order valence-corrected chi connectivity index (χ0v) is 19.7. The van der Waals surface area contributed by atoms with Crippen molar-refractivity contribution in [1.82, 2.24) is 5.43 Å². The molecular weight excluding hydrogens is 432 g/mol. The SMILES string of the molecule is COc1cc(/C=N\NC(=O)OC(C)(C)C)ccc1OC(=O)c1cc(OC)c(OC)c(OC)c1. The Morgan fingerprint density at radius 1 is 0.848 bits per heavy atom. The van der Waals surface area contributed by atoms with Crippen molar-refractivity contribution in [3.63, 3.8) is 0 Å². The first-order valence-electron chi connectivity index (χ1n) is 9.84. The van der Waals surface area contributed by atoms with E-state index >= 15 is 0 Å². The molecule has 0 fully saturated rings. The lowest BCUT2D eigenvalue weighted by Crippen LogP contribution is -2.29. The number of methoxy groups -OCH3 is 4. The fourth-order valence-corrected chi connectivity index (χ4v) is 2.67. The molecular formula is C23H28N2O8. The van der Waals surface area contributed by atoms with Crippen LogP contribution in [-0.2, 0) is 4.74 Å². The summed E-state index contributed by atoms with van der Waals surface area (Å²) in [5.74, 6) is 0.823. The Kier molecular flexibility index (Phi) is 8.49. The molecule has 1 N–H and O–H groups in total. The smallest absolute Gasteiger partial charge is 0.428 e. The van der Waals surface area contributed by atoms with Gasteiger partial charge in [-0.15, -0.1) is 0 Å². The average Bonchev–Trinajstić information content (AvgIpc) is 2.77. The summed E-state index contributed by atoms with van der Waals surface area (Å²) in [4.78, 5) is 24.4. The Labute approximate surface area is 192 Å². The quantitative estimate of drug-likeness (QED) is 0.274. The lowest BCUT2D eigenvalue weighted by atomic mass is 10.1. The molecule has 0 unspecified atom stereocenters. The maximum atomic E-state index is 12.7. The zero-order valence-electron chi connectivity index (χ0n) is 19.7. The van der Waals surface area contributed by atoms with E-state index in [2.05, 4.69) is 10.5 Å². The number of nitrogens with zero attached hydrogens (tertiary/aromatic N) is 1. The summed E-state index contributed by atoms with van der Waals surface area (Å²) < 4.78 is 31.7. The minimum absolute atomic E-state index is 0.188. The number of ether oxygens (including phenoxy) is 6. The fraction of sp³-hybridized carbons (Fsp3) is 0.348. The van der Waals surface area contributed by atoms with Crippen molar-refractivity contribution >= 4 is 18.3 Å². The Morgan fingerprint density at radius 2 is 1.45 bits per heavy atom. The molecule has 0 bridgehead atoms. The van der Waals surface area contributed by atoms with Crippen molar-refractivity contribution in [1.29, 1.82) is 0 Å². The van der Waals surface area contributed by atoms with Gasteiger partial charge in [0, 0.05) is 0 Å². The van der Waals surface area contributed by atoms with Crippen LogP contribution in [0.3, 0.4) is 0 Å². The van der Waals surface area contributed by atoms with Gasteiger partial charge in [0.25, 0.3) is 0 Å². The molecule has 1 amide bonds. The van der Waals surface area contributed by atoms with Gasteiger partial charge in [-0.1, -0.05) is 0 Å². The number of nitrogens with one attached hydrogen (secondary N) is 1. The van der Waals surface area contributed by atoms with Crippen LogP contribution in [0.15, 0.2) is 35.4 Å². The first-order chi connectivity index (χ1) is 15.6. The van der Waals surface area contributed by atoms with Gasteiger partial charge >= 0.3 is 12.1 Å². The van der Waals surface area contributed by atoms with E-state index in [9.17, 15) is 9.59 Å². The largest absolute Gasteiger partial charge is 0.493 e. The summed E-state index contributed by atoms with van der Waals surface area (Å²) in [6, 6.07) is 7.75. The van der Waals surface area contributed by atoms with Crippen molar-refractivity contribution in [2.75, 3.05) is 28.4 Å². The predicted molar refractivity (Wildman–Crippen MR) is 121 cm³/mol. The topological polar surface area (TPSA) is 114 Å². The van der Waals surface area contributed by atoms with E-state index in [0.29, 0.717) is 22.8 Å². The lowest BCUT2D eigenvalue weighted by molar-refractivity contribution is 0.0529. The molecule has 0 saturated carbocycles. The van der Waals surface area contributed by atoms with Crippen molar-refractivity contribution < 1.29 is 38.0 Å². The highest BCUT2D eigenvalue weighted by molar-refractivity contribution is 5.93. The minimum atomic E-state index is -0.679. The second kappa shape index (κ2) is 11.1. The van der Waals surface area contributed by atoms with Gasteiger partial charge in [-0.05, 0) is 56.7 Å². The van der Waals surface area contributed by atoms with Crippen LogP contribution in [-0.4, -0.2) is 52.3 Å². The average molecular weight is 460 g/mol. The van der Waals surface area contributed by atoms with E-state index in [0.717, 1.165) is 0 Å². The monoisotopic (exact) mass is 460 g/mol. The zero-order chi connectivity index (χ0) is 24.6. The Morgan fingerprint density at radius 3 is 1.97 bits per heavy atom. The Bertz CT molecular complexity index is 1000. The van der Waals surface area contributed by atoms with Gasteiger partial charge in [-0.2, -0.15) is 5.10 Å². The minimum Gasteiger partial charge on any atom is -0.493 e. The number of carbonyl (C=O) groups is 2. The van der Waals surface area contributed by atoms with Gasteiger partial charge < -0.3 is 28.4 Å². The highest BCUT2D eigenvalue weighted by Gasteiger charge is 2.20. The van der Waals surface area contributed by atoms with Gasteiger partial charge in [0.2, 0.25) is 5.75 Å². The van der Waals surface area contributed by atoms with Crippen molar-refractivity contribution in [2.24, 2.45) is 5.10 Å². The lowest BCUT2D eigenvalue weighted by Gasteiger charge is -2.18. The molecule has 2 rings (SSSR count). The van der Waals surface area contributed by atoms with Gasteiger partial charge in [-0.25, -0.2) is 15.0 Å². The number of carbonyl (C=O) groups excluding carboxylic acids is 2. The maximum Gasteiger partial charge on any atom is 0.428 e. The second-order valence-corrected chi connectivity index (χ2v) is 7.59. The second-order valence-electron chi connectivity index (χ2n) is 7.59. The summed E-state index contributed by atoms with van der Waals surface area (Å²) >= 11 is 0. The Hall–Kier alpha value is -3.95. The molecule has 2 aromatic rings. The standard InChI is InChI=1S/C23H28N2O8/c1-23(2,3)33-22(27)25-24-13-14-8-9-16(17(10-14)28-4)32-21(26)15-11-18(29-5)20(31-7)19(12-15)30-6/h8-13H,1-7H3,(H,25,27)/b24-13-. The molecule has 0 spiro atoms. The van der Waals surface area contributed by atoms with Crippen LogP contribution in [0.25, 0.3) is 0 Å². The number of hydrogen-bond donors (Lipinski definition) is 1. The molecule has 0 aromatic heterocycles. The van der Waals surface area contributed by atoms with E-state index in [4.69, 9.17) is 28.4 Å². The molecule has 0 atom stereocenters. The van der Waals surface area contributed by atoms with Crippen molar-refractivity contribution in [3.8, 4) is 28.7 Å². The molecule has 178 valence electrons. The summed E-state index contributed by atoms with van der Waals surface area (Å²) in [6.45, 7) is 5.25. The third-order valence-electron chi connectivity index (χ3n) is 4.06. The van der Waals surface area contributed by atoms with Gasteiger partial charge in [0.05, 0.1) is 40.2 Å². The molecule has 0 aliphatic heterocycles. The highest BCUT2D eigenvalue weighted by Crippen LogP contribution is 2.38. The third kappa shape index (κ3) is 7.03. The van der Waals surface area contributed by atoms with Crippen LogP contribution in [0.2, 0.25) is 0 Å². The van der Waals surface area contributed by atoms with E-state index in [-0.39, 0.29) is 17.1 Å². The van der Waals surface area contributed by atoms with Gasteiger partial charge in [0.1, 0.15) is 5.60 Å². The van der Waals surface area contributed by atoms with Gasteiger partial charge in [0.15, 0.2) is 23.0 Å². The van der Waals surface area contributed by atoms with Crippen LogP contribution < -0.4 is 29.1 Å².